The van der Waals surface area contributed by atoms with Gasteiger partial charge in [0.2, 0.25) is 0 Å². The first-order valence-electron chi connectivity index (χ1n) is 14.9. The highest BCUT2D eigenvalue weighted by Gasteiger charge is 2.28. The van der Waals surface area contributed by atoms with Crippen LogP contribution >= 0.6 is 0 Å². The number of fused-ring (bicyclic) bond motifs is 1. The monoisotopic (exact) mass is 611 g/mol. The normalized spacial score (nSPS) is 11.4. The van der Waals surface area contributed by atoms with E-state index in [1.807, 2.05) is 103 Å². The zero-order valence-electron chi connectivity index (χ0n) is 25.6. The van der Waals surface area contributed by atoms with Crippen LogP contribution in [0.4, 0.5) is 0 Å². The molecule has 0 spiro atoms. The Labute approximate surface area is 267 Å². The van der Waals surface area contributed by atoms with Crippen LogP contribution in [0.2, 0.25) is 0 Å². The van der Waals surface area contributed by atoms with Crippen molar-refractivity contribution in [3.63, 3.8) is 0 Å². The van der Waals surface area contributed by atoms with Crippen LogP contribution in [0.25, 0.3) is 10.8 Å². The summed E-state index contributed by atoms with van der Waals surface area (Å²) in [5.41, 5.74) is 3.57. The highest BCUT2D eigenvalue weighted by Crippen LogP contribution is 2.43. The van der Waals surface area contributed by atoms with Gasteiger partial charge >= 0.3 is 5.97 Å². The molecule has 0 bridgehead atoms. The van der Waals surface area contributed by atoms with Crippen LogP contribution in [0.1, 0.15) is 38.8 Å². The number of methoxy groups -OCH3 is 2. The third kappa shape index (κ3) is 6.79. The van der Waals surface area contributed by atoms with Crippen molar-refractivity contribution >= 4 is 16.7 Å². The molecule has 6 rings (SSSR count). The van der Waals surface area contributed by atoms with Gasteiger partial charge in [-0.15, -0.1) is 0 Å². The van der Waals surface area contributed by atoms with E-state index in [9.17, 15) is 4.79 Å². The van der Waals surface area contributed by atoms with E-state index in [1.165, 1.54) is 0 Å². The molecular formula is C39H33NO6. The van der Waals surface area contributed by atoms with E-state index in [0.717, 1.165) is 16.5 Å². The minimum Gasteiger partial charge on any atom is -0.493 e. The Morgan fingerprint density at radius 3 is 1.91 bits per heavy atom. The van der Waals surface area contributed by atoms with Gasteiger partial charge in [-0.2, -0.15) is 0 Å². The molecule has 0 amide bonds. The van der Waals surface area contributed by atoms with Crippen molar-refractivity contribution in [2.75, 3.05) is 14.2 Å². The lowest BCUT2D eigenvalue weighted by atomic mass is 9.99. The van der Waals surface area contributed by atoms with Gasteiger partial charge in [0.1, 0.15) is 13.2 Å². The number of rotatable bonds is 12. The van der Waals surface area contributed by atoms with Crippen LogP contribution < -0.4 is 18.9 Å². The first kappa shape index (κ1) is 30.2. The third-order valence-corrected chi connectivity index (χ3v) is 7.53. The van der Waals surface area contributed by atoms with Crippen LogP contribution in [-0.2, 0) is 18.0 Å². The largest absolute Gasteiger partial charge is 0.493 e. The molecule has 0 N–H and O–H groups in total. The fourth-order valence-corrected chi connectivity index (χ4v) is 5.21. The van der Waals surface area contributed by atoms with Gasteiger partial charge in [-0.1, -0.05) is 91.0 Å². The van der Waals surface area contributed by atoms with Gasteiger partial charge in [-0.3, -0.25) is 4.98 Å². The Morgan fingerprint density at radius 2 is 1.26 bits per heavy atom. The van der Waals surface area contributed by atoms with Gasteiger partial charge in [0.05, 0.1) is 30.9 Å². The number of benzene rings is 5. The van der Waals surface area contributed by atoms with Crippen molar-refractivity contribution in [3.8, 4) is 23.0 Å². The summed E-state index contributed by atoms with van der Waals surface area (Å²) >= 11 is 0. The number of ether oxygens (including phenoxy) is 5. The Balaban J connectivity index is 1.44. The van der Waals surface area contributed by atoms with Crippen LogP contribution in [0, 0.1) is 0 Å². The summed E-state index contributed by atoms with van der Waals surface area (Å²) in [4.78, 5) is 18.4. The van der Waals surface area contributed by atoms with Crippen molar-refractivity contribution in [3.05, 3.63) is 162 Å². The third-order valence-electron chi connectivity index (χ3n) is 7.53. The topological polar surface area (TPSA) is 76.1 Å². The van der Waals surface area contributed by atoms with Crippen molar-refractivity contribution in [2.24, 2.45) is 0 Å². The Kier molecular flexibility index (Phi) is 9.40. The average Bonchev–Trinajstić information content (AvgIpc) is 3.12. The van der Waals surface area contributed by atoms with Crippen LogP contribution in [-0.4, -0.2) is 25.2 Å². The molecule has 0 radical (unpaired) electrons. The molecule has 6 aromatic rings. The second-order valence-corrected chi connectivity index (χ2v) is 10.5. The van der Waals surface area contributed by atoms with E-state index in [4.69, 9.17) is 28.7 Å². The van der Waals surface area contributed by atoms with Gasteiger partial charge in [-0.25, -0.2) is 4.79 Å². The Bertz CT molecular complexity index is 1910. The number of aromatic nitrogens is 1. The maximum atomic E-state index is 13.6. The van der Waals surface area contributed by atoms with Crippen LogP contribution in [0.5, 0.6) is 23.0 Å². The van der Waals surface area contributed by atoms with Gasteiger partial charge in [0.15, 0.2) is 29.1 Å². The number of pyridine rings is 1. The second kappa shape index (κ2) is 14.3. The molecule has 0 aliphatic heterocycles. The molecule has 230 valence electrons. The van der Waals surface area contributed by atoms with Crippen molar-refractivity contribution in [1.82, 2.24) is 4.98 Å². The molecule has 1 unspecified atom stereocenters. The smallest absolute Gasteiger partial charge is 0.339 e. The van der Waals surface area contributed by atoms with Crippen LogP contribution in [0.3, 0.4) is 0 Å². The molecule has 0 aliphatic rings. The summed E-state index contributed by atoms with van der Waals surface area (Å²) < 4.78 is 30.3. The predicted octanol–water partition coefficient (Wildman–Crippen LogP) is 8.36. The summed E-state index contributed by atoms with van der Waals surface area (Å²) in [7, 11) is 3.18. The number of esters is 1. The van der Waals surface area contributed by atoms with E-state index in [2.05, 4.69) is 0 Å². The molecule has 5 aromatic carbocycles. The molecule has 0 fully saturated rings. The van der Waals surface area contributed by atoms with E-state index in [-0.39, 0.29) is 0 Å². The summed E-state index contributed by atoms with van der Waals surface area (Å²) in [5.74, 6) is 1.59. The maximum Gasteiger partial charge on any atom is 0.339 e. The van der Waals surface area contributed by atoms with Gasteiger partial charge in [-0.05, 0) is 52.9 Å². The number of nitrogens with zero attached hydrogens (tertiary/aromatic N) is 1. The molecule has 1 aromatic heterocycles. The predicted molar refractivity (Wildman–Crippen MR) is 177 cm³/mol. The molecule has 1 heterocycles. The van der Waals surface area contributed by atoms with E-state index in [0.29, 0.717) is 58.4 Å². The highest BCUT2D eigenvalue weighted by atomic mass is 16.5. The first-order chi connectivity index (χ1) is 22.6. The lowest BCUT2D eigenvalue weighted by Gasteiger charge is -2.23. The SMILES string of the molecule is COc1cc(C(OC(=O)c2ccccc2)c2nccc3ccc(OC)c(OCc4ccccc4)c23)ccc1OCc1ccccc1. The number of hydrogen-bond acceptors (Lipinski definition) is 7. The summed E-state index contributed by atoms with van der Waals surface area (Å²) in [5, 5.41) is 1.52. The quantitative estimate of drug-likeness (QED) is 0.129. The zero-order chi connectivity index (χ0) is 31.7. The van der Waals surface area contributed by atoms with E-state index in [1.54, 1.807) is 44.7 Å². The number of carbonyl (C=O) groups excluding carboxylic acids is 1. The zero-order valence-corrected chi connectivity index (χ0v) is 25.6. The van der Waals surface area contributed by atoms with Crippen molar-refractivity contribution in [2.45, 2.75) is 19.3 Å². The fraction of sp³-hybridized carbons (Fsp3) is 0.128. The molecule has 46 heavy (non-hydrogen) atoms. The number of hydrogen-bond donors (Lipinski definition) is 0. The van der Waals surface area contributed by atoms with Gasteiger partial charge < -0.3 is 23.7 Å². The summed E-state index contributed by atoms with van der Waals surface area (Å²) in [6, 6.07) is 39.8. The molecule has 1 atom stereocenters. The molecule has 7 heteroatoms. The van der Waals surface area contributed by atoms with Gasteiger partial charge in [0, 0.05) is 11.8 Å². The first-order valence-corrected chi connectivity index (χ1v) is 14.9. The standard InChI is InChI=1S/C39H33NO6/c1-42-33-21-18-29-22-23-40-36(35(29)38(33)45-26-28-14-8-4-9-15-28)37(46-39(41)30-16-10-5-11-17-30)31-19-20-32(34(24-31)43-2)44-25-27-12-6-3-7-13-27/h3-24,37H,25-26H2,1-2H3. The minimum atomic E-state index is -0.931. The number of carbonyl (C=O) groups is 1. The molecule has 0 saturated heterocycles. The lowest BCUT2D eigenvalue weighted by Crippen LogP contribution is -2.15. The Morgan fingerprint density at radius 1 is 0.652 bits per heavy atom. The summed E-state index contributed by atoms with van der Waals surface area (Å²) in [6.07, 6.45) is 0.767. The second-order valence-electron chi connectivity index (χ2n) is 10.5. The van der Waals surface area contributed by atoms with Crippen LogP contribution in [0.15, 0.2) is 134 Å². The van der Waals surface area contributed by atoms with Crippen molar-refractivity contribution < 1.29 is 28.5 Å². The van der Waals surface area contributed by atoms with Crippen molar-refractivity contribution in [1.29, 1.82) is 0 Å². The lowest BCUT2D eigenvalue weighted by molar-refractivity contribution is 0.0372. The minimum absolute atomic E-state index is 0.306. The van der Waals surface area contributed by atoms with E-state index >= 15 is 0 Å². The summed E-state index contributed by atoms with van der Waals surface area (Å²) in [6.45, 7) is 0.677. The Hall–Kier alpha value is -5.82. The highest BCUT2D eigenvalue weighted by molar-refractivity contribution is 5.94. The molecule has 7 nitrogen and oxygen atoms in total. The molecule has 0 saturated carbocycles. The maximum absolute atomic E-state index is 13.6. The molecule has 0 aliphatic carbocycles. The molecular weight excluding hydrogens is 578 g/mol. The fourth-order valence-electron chi connectivity index (χ4n) is 5.21. The van der Waals surface area contributed by atoms with E-state index < -0.39 is 12.1 Å². The average molecular weight is 612 g/mol. The van der Waals surface area contributed by atoms with Gasteiger partial charge in [0.25, 0.3) is 0 Å².